The molecule has 12 rings (SSSR count). The zero-order chi connectivity index (χ0) is 77.7. The van der Waals surface area contributed by atoms with Crippen LogP contribution in [0.5, 0.6) is 0 Å². The lowest BCUT2D eigenvalue weighted by Gasteiger charge is -2.08. The Hall–Kier alpha value is -9.78. The maximum Gasteiger partial charge on any atom is 0.212 e. The molecule has 0 aliphatic rings. The third-order valence-electron chi connectivity index (χ3n) is 18.5. The van der Waals surface area contributed by atoms with Gasteiger partial charge in [0.25, 0.3) is 0 Å². The fourth-order valence-corrected chi connectivity index (χ4v) is 11.9. The lowest BCUT2D eigenvalue weighted by atomic mass is 9.99. The minimum absolute atomic E-state index is 0.212. The first-order chi connectivity index (χ1) is 49.2. The first kappa shape index (κ1) is 61.1. The minimum atomic E-state index is -2.22. The highest BCUT2D eigenvalue weighted by Gasteiger charge is 2.20. The van der Waals surface area contributed by atoms with Crippen molar-refractivity contribution in [2.24, 2.45) is 42.3 Å². The Labute approximate surface area is 590 Å². The van der Waals surface area contributed by atoms with E-state index in [1.54, 1.807) is 61.0 Å². The third kappa shape index (κ3) is 18.4. The molecule has 0 aliphatic carbocycles. The van der Waals surface area contributed by atoms with Crippen molar-refractivity contribution in [1.29, 1.82) is 0 Å². The van der Waals surface area contributed by atoms with E-state index in [0.717, 1.165) is 28.1 Å². The molecule has 0 aliphatic heterocycles. The monoisotopic (exact) mass is 1280 g/mol. The van der Waals surface area contributed by atoms with Gasteiger partial charge in [-0.25, -0.2) is 0 Å². The van der Waals surface area contributed by atoms with Crippen molar-refractivity contribution >= 4 is 0 Å². The van der Waals surface area contributed by atoms with Gasteiger partial charge >= 0.3 is 0 Å². The van der Waals surface area contributed by atoms with E-state index in [4.69, 9.17) is 12.3 Å². The summed E-state index contributed by atoms with van der Waals surface area (Å²) in [5.41, 5.74) is 33.4. The van der Waals surface area contributed by atoms with Gasteiger partial charge in [-0.15, -0.1) is 0 Å². The van der Waals surface area contributed by atoms with Crippen LogP contribution >= 0.6 is 0 Å². The van der Waals surface area contributed by atoms with Crippen molar-refractivity contribution < 1.29 is 39.7 Å². The molecule has 12 aromatic rings. The van der Waals surface area contributed by atoms with E-state index in [9.17, 15) is 0 Å². The van der Waals surface area contributed by atoms with Gasteiger partial charge in [0.1, 0.15) is 42.3 Å². The van der Waals surface area contributed by atoms with Gasteiger partial charge in [-0.1, -0.05) is 101 Å². The van der Waals surface area contributed by atoms with Crippen LogP contribution < -0.4 is 27.4 Å². The first-order valence-electron chi connectivity index (χ1n) is 37.5. The molecule has 0 spiro atoms. The van der Waals surface area contributed by atoms with Crippen molar-refractivity contribution in [3.05, 3.63) is 319 Å². The molecule has 0 radical (unpaired) electrons. The number of nitrogens with zero attached hydrogens (tertiary/aromatic N) is 6. The average Bonchev–Trinajstić information content (AvgIpc) is 0.708. The quantitative estimate of drug-likeness (QED) is 0.148. The molecule has 0 bridgehead atoms. The van der Waals surface area contributed by atoms with Gasteiger partial charge in [-0.3, -0.25) is 0 Å². The van der Waals surface area contributed by atoms with Crippen LogP contribution in [0.2, 0.25) is 0 Å². The molecule has 0 saturated heterocycles. The minimum Gasteiger partial charge on any atom is -0.199 e. The van der Waals surface area contributed by atoms with Gasteiger partial charge in [0.05, 0.1) is 5.56 Å². The summed E-state index contributed by atoms with van der Waals surface area (Å²) in [6.45, 7) is 25.1. The molecule has 492 valence electrons. The van der Waals surface area contributed by atoms with Crippen molar-refractivity contribution in [1.82, 2.24) is 0 Å². The summed E-state index contributed by atoms with van der Waals surface area (Å²) in [6, 6.07) is 73.5. The Morgan fingerprint density at radius 2 is 0.510 bits per heavy atom. The summed E-state index contributed by atoms with van der Waals surface area (Å²) in [5, 5.41) is 0. The van der Waals surface area contributed by atoms with Crippen LogP contribution in [-0.2, 0) is 42.3 Å². The van der Waals surface area contributed by atoms with E-state index in [0.29, 0.717) is 16.8 Å². The highest BCUT2D eigenvalue weighted by Crippen LogP contribution is 2.28. The summed E-state index contributed by atoms with van der Waals surface area (Å²) in [7, 11) is 12.2. The van der Waals surface area contributed by atoms with Crippen LogP contribution in [0.3, 0.4) is 0 Å². The zero-order valence-corrected chi connectivity index (χ0v) is 61.0. The first-order valence-corrected chi connectivity index (χ1v) is 33.0. The lowest BCUT2D eigenvalue weighted by Crippen LogP contribution is -2.34. The number of hydrogen-bond donors (Lipinski definition) is 0. The van der Waals surface area contributed by atoms with E-state index in [-0.39, 0.29) is 11.3 Å². The van der Waals surface area contributed by atoms with Gasteiger partial charge in [0.15, 0.2) is 34.2 Å². The van der Waals surface area contributed by atoms with Gasteiger partial charge < -0.3 is 0 Å². The molecule has 6 aromatic carbocycles. The Morgan fingerprint density at radius 1 is 0.208 bits per heavy atom. The molecule has 96 heavy (non-hydrogen) atoms. The van der Waals surface area contributed by atoms with E-state index >= 15 is 0 Å². The maximum atomic E-state index is 7.60. The number of benzene rings is 6. The topological polar surface area (TPSA) is 23.3 Å². The average molecular weight is 1280 g/mol. The van der Waals surface area contributed by atoms with Gasteiger partial charge in [-0.05, 0) is 194 Å². The van der Waals surface area contributed by atoms with E-state index in [2.05, 4.69) is 293 Å². The summed E-state index contributed by atoms with van der Waals surface area (Å²) in [6.07, 6.45) is 0. The van der Waals surface area contributed by atoms with E-state index in [1.165, 1.54) is 112 Å². The molecule has 0 atom stereocenters. The molecule has 6 heteroatoms. The van der Waals surface area contributed by atoms with E-state index in [1.807, 2.05) is 38.2 Å². The maximum absolute atomic E-state index is 7.60. The molecule has 0 N–H and O–H groups in total. The summed E-state index contributed by atoms with van der Waals surface area (Å²) in [5.74, 6) is 0. The van der Waals surface area contributed by atoms with Gasteiger partial charge in [-0.2, -0.15) is 27.4 Å². The third-order valence-corrected chi connectivity index (χ3v) is 18.5. The lowest BCUT2D eigenvalue weighted by molar-refractivity contribution is -0.666. The Kier molecular flexibility index (Phi) is 21.4. The molecular weight excluding hydrogens is 1170 g/mol. The summed E-state index contributed by atoms with van der Waals surface area (Å²) in [4.78, 5) is 0. The highest BCUT2D eigenvalue weighted by molar-refractivity contribution is 5.67. The molecule has 6 nitrogen and oxygen atoms in total. The van der Waals surface area contributed by atoms with Gasteiger partial charge in [0.2, 0.25) is 34.2 Å². The number of aryl methyl sites for hydroxylation is 17. The zero-order valence-electron chi connectivity index (χ0n) is 70.0. The van der Waals surface area contributed by atoms with Crippen molar-refractivity contribution in [3.8, 4) is 67.5 Å². The van der Waals surface area contributed by atoms with Crippen molar-refractivity contribution in [2.45, 2.75) is 124 Å². The Bertz CT molecular complexity index is 4880. The number of pyridine rings is 6. The second-order valence-electron chi connectivity index (χ2n) is 25.6. The molecule has 6 heterocycles. The second kappa shape index (κ2) is 33.6. The number of rotatable bonds is 6. The smallest absolute Gasteiger partial charge is 0.199 e. The standard InChI is InChI=1S/6C15H18N/c1-11-7-5-9-14(13(11)3)15-10-6-8-12(2)16(15)4;1-11-7-5-8-12(2)15(11)14-10-6-9-13(3)16(14)4;2*1-11-8-9-14(12(2)10-11)15-7-5-6-13(3)16(15)4;2*1-11-8-9-12(2)14(10-11)15-7-5-6-13(3)16(15)4/h6*5-10H,1-4H3/q6*+1/i1D3,2D3;;1D3;;;. The predicted molar refractivity (Wildman–Crippen MR) is 404 cm³/mol. The van der Waals surface area contributed by atoms with Crippen molar-refractivity contribution in [3.63, 3.8) is 0 Å². The van der Waals surface area contributed by atoms with Crippen molar-refractivity contribution in [2.75, 3.05) is 0 Å². The van der Waals surface area contributed by atoms with Crippen LogP contribution in [0, 0.1) is 124 Å². The molecule has 0 unspecified atom stereocenters. The van der Waals surface area contributed by atoms with Crippen LogP contribution in [0.25, 0.3) is 67.5 Å². The SMILES string of the molecule is Cc1ccc(-c2cccc(C)[n+]2C)c(C)c1.Cc1ccc(C)c(-c2cccc(C)[n+]2C)c1.Cc1ccc(C)c(-c2cccc(C)[n+]2C)c1.Cc1cccc(C)c1-c1cccc(C)[n+]1C.[2H]C([2H])([2H])c1ccc(-c2cccc(C)[n+]2C)c(C)c1.[2H]C([2H])([2H])c1cccc(-c2cccc(C([2H])([2H])[2H])[n+]2C)c1C. The fraction of sp³-hybridized carbons (Fsp3) is 0.267. The van der Waals surface area contributed by atoms with Gasteiger partial charge in [0, 0.05) is 154 Å². The molecule has 0 amide bonds. The summed E-state index contributed by atoms with van der Waals surface area (Å²) >= 11 is 0. The predicted octanol–water partition coefficient (Wildman–Crippen LogP) is 18.6. The molecular formula is C90H108N6+6. The normalized spacial score (nSPS) is 12.3. The van der Waals surface area contributed by atoms with E-state index < -0.39 is 20.6 Å². The number of aromatic nitrogens is 6. The summed E-state index contributed by atoms with van der Waals surface area (Å²) < 4.78 is 80.6. The Morgan fingerprint density at radius 3 is 0.906 bits per heavy atom. The largest absolute Gasteiger partial charge is 0.212 e. The van der Waals surface area contributed by atoms with Crippen LogP contribution in [0.15, 0.2) is 218 Å². The fourth-order valence-electron chi connectivity index (χ4n) is 11.9. The van der Waals surface area contributed by atoms with Crippen LogP contribution in [-0.4, -0.2) is 0 Å². The second-order valence-corrected chi connectivity index (χ2v) is 25.6. The molecule has 0 saturated carbocycles. The Balaban J connectivity index is 0.000000177. The highest BCUT2D eigenvalue weighted by atomic mass is 15.0. The molecule has 0 fully saturated rings. The van der Waals surface area contributed by atoms with Crippen LogP contribution in [0.1, 0.15) is 113 Å². The number of hydrogen-bond acceptors (Lipinski definition) is 0. The molecule has 6 aromatic heterocycles. The van der Waals surface area contributed by atoms with Crippen LogP contribution in [0.4, 0.5) is 0 Å².